The van der Waals surface area contributed by atoms with Gasteiger partial charge in [-0.2, -0.15) is 0 Å². The van der Waals surface area contributed by atoms with E-state index in [1.54, 1.807) is 13.8 Å². The summed E-state index contributed by atoms with van der Waals surface area (Å²) >= 11 is 0. The van der Waals surface area contributed by atoms with Crippen LogP contribution < -0.4 is 0 Å². The zero-order chi connectivity index (χ0) is 15.8. The molecular formula is C13H24O7S. The zero-order valence-corrected chi connectivity index (χ0v) is 13.0. The molecule has 8 heteroatoms. The van der Waals surface area contributed by atoms with Crippen molar-refractivity contribution in [2.45, 2.75) is 69.1 Å². The average Bonchev–Trinajstić information content (AvgIpc) is 2.36. The molecule has 4 N–H and O–H groups in total. The summed E-state index contributed by atoms with van der Waals surface area (Å²) in [5.74, 6) is 0.458. The van der Waals surface area contributed by atoms with E-state index < -0.39 is 47.1 Å². The van der Waals surface area contributed by atoms with Crippen molar-refractivity contribution in [1.82, 2.24) is 0 Å². The molecule has 2 heterocycles. The Morgan fingerprint density at radius 3 is 2.38 bits per heavy atom. The van der Waals surface area contributed by atoms with E-state index in [1.807, 2.05) is 0 Å². The molecule has 21 heavy (non-hydrogen) atoms. The Morgan fingerprint density at radius 2 is 1.86 bits per heavy atom. The molecule has 0 aromatic rings. The standard InChI is InChI=1S/C13H24O7S/c1-7(2)19-12-11(16)10(15)9(14)8(20-12)3-4-13(17)5-21(18)6-13/h7-12,14-17H,3-6H2,1-2H3/t8-,9-,10+,11+,12+,13?,21?/m1/s1. The molecule has 0 aliphatic carbocycles. The lowest BCUT2D eigenvalue weighted by molar-refractivity contribution is -0.306. The van der Waals surface area contributed by atoms with Crippen LogP contribution >= 0.6 is 0 Å². The summed E-state index contributed by atoms with van der Waals surface area (Å²) in [5.41, 5.74) is -0.983. The summed E-state index contributed by atoms with van der Waals surface area (Å²) in [4.78, 5) is 0. The second kappa shape index (κ2) is 6.57. The number of rotatable bonds is 5. The highest BCUT2D eigenvalue weighted by molar-refractivity contribution is 7.86. The van der Waals surface area contributed by atoms with Crippen molar-refractivity contribution >= 4 is 10.8 Å². The van der Waals surface area contributed by atoms with Crippen LogP contribution in [0.3, 0.4) is 0 Å². The molecule has 2 aliphatic heterocycles. The van der Waals surface area contributed by atoms with Crippen LogP contribution in [0.5, 0.6) is 0 Å². The van der Waals surface area contributed by atoms with E-state index in [1.165, 1.54) is 0 Å². The second-order valence-corrected chi connectivity index (χ2v) is 7.65. The smallest absolute Gasteiger partial charge is 0.186 e. The molecule has 2 rings (SSSR count). The first-order valence-electron chi connectivity index (χ1n) is 7.14. The molecule has 124 valence electrons. The summed E-state index contributed by atoms with van der Waals surface area (Å²) in [6.07, 6.45) is -5.29. The van der Waals surface area contributed by atoms with Gasteiger partial charge in [-0.05, 0) is 26.7 Å². The fourth-order valence-corrected chi connectivity index (χ4v) is 4.05. The fraction of sp³-hybridized carbons (Fsp3) is 1.00. The number of hydrogen-bond donors (Lipinski definition) is 4. The van der Waals surface area contributed by atoms with E-state index >= 15 is 0 Å². The van der Waals surface area contributed by atoms with Crippen molar-refractivity contribution in [1.29, 1.82) is 0 Å². The van der Waals surface area contributed by atoms with Crippen LogP contribution in [0, 0.1) is 0 Å². The SMILES string of the molecule is CC(C)O[C@H]1O[C@H](CCC2(O)CS(=O)C2)[C@@H](O)[C@H](O)[C@@H]1O. The van der Waals surface area contributed by atoms with Crippen molar-refractivity contribution in [3.63, 3.8) is 0 Å². The van der Waals surface area contributed by atoms with Crippen LogP contribution in [0.2, 0.25) is 0 Å². The quantitative estimate of drug-likeness (QED) is 0.486. The third-order valence-corrected chi connectivity index (χ3v) is 5.55. The van der Waals surface area contributed by atoms with Crippen molar-refractivity contribution in [3.8, 4) is 0 Å². The average molecular weight is 324 g/mol. The number of aliphatic hydroxyl groups is 4. The third-order valence-electron chi connectivity index (χ3n) is 3.83. The van der Waals surface area contributed by atoms with Gasteiger partial charge in [0.2, 0.25) is 0 Å². The Kier molecular flexibility index (Phi) is 5.40. The highest BCUT2D eigenvalue weighted by Gasteiger charge is 2.47. The highest BCUT2D eigenvalue weighted by atomic mass is 32.2. The van der Waals surface area contributed by atoms with Crippen molar-refractivity contribution in [2.75, 3.05) is 11.5 Å². The van der Waals surface area contributed by atoms with Crippen LogP contribution in [0.1, 0.15) is 26.7 Å². The number of hydrogen-bond acceptors (Lipinski definition) is 7. The lowest BCUT2D eigenvalue weighted by Gasteiger charge is -2.42. The first kappa shape index (κ1) is 17.3. The van der Waals surface area contributed by atoms with Gasteiger partial charge in [0.15, 0.2) is 6.29 Å². The van der Waals surface area contributed by atoms with Gasteiger partial charge in [-0.1, -0.05) is 0 Å². The van der Waals surface area contributed by atoms with E-state index in [4.69, 9.17) is 9.47 Å². The highest BCUT2D eigenvalue weighted by Crippen LogP contribution is 2.30. The molecule has 0 radical (unpaired) electrons. The molecule has 0 unspecified atom stereocenters. The van der Waals surface area contributed by atoms with Gasteiger partial charge >= 0.3 is 0 Å². The van der Waals surface area contributed by atoms with Gasteiger partial charge in [-0.3, -0.25) is 4.21 Å². The Balaban J connectivity index is 1.92. The first-order chi connectivity index (χ1) is 9.72. The predicted molar refractivity (Wildman–Crippen MR) is 75.0 cm³/mol. The van der Waals surface area contributed by atoms with E-state index in [0.29, 0.717) is 6.42 Å². The lowest BCUT2D eigenvalue weighted by atomic mass is 9.91. The van der Waals surface area contributed by atoms with Crippen molar-refractivity contribution in [2.24, 2.45) is 0 Å². The molecular weight excluding hydrogens is 300 g/mol. The van der Waals surface area contributed by atoms with E-state index in [9.17, 15) is 24.6 Å². The van der Waals surface area contributed by atoms with Crippen LogP contribution in [0.25, 0.3) is 0 Å². The van der Waals surface area contributed by atoms with Gasteiger partial charge in [-0.25, -0.2) is 0 Å². The van der Waals surface area contributed by atoms with Crippen LogP contribution in [0.15, 0.2) is 0 Å². The maximum Gasteiger partial charge on any atom is 0.186 e. The largest absolute Gasteiger partial charge is 0.388 e. The van der Waals surface area contributed by atoms with Gasteiger partial charge in [0.25, 0.3) is 0 Å². The molecule has 0 bridgehead atoms. The summed E-state index contributed by atoms with van der Waals surface area (Å²) in [5, 5.41) is 39.7. The van der Waals surface area contributed by atoms with E-state index in [-0.39, 0.29) is 24.0 Å². The maximum absolute atomic E-state index is 11.1. The Hall–Kier alpha value is -0.0900. The van der Waals surface area contributed by atoms with Gasteiger partial charge in [0.05, 0.1) is 29.3 Å². The molecule has 0 aromatic heterocycles. The molecule has 2 fully saturated rings. The van der Waals surface area contributed by atoms with Gasteiger partial charge < -0.3 is 29.9 Å². The molecule has 5 atom stereocenters. The monoisotopic (exact) mass is 324 g/mol. The Labute approximate surface area is 126 Å². The maximum atomic E-state index is 11.1. The predicted octanol–water partition coefficient (Wildman–Crippen LogP) is -1.51. The van der Waals surface area contributed by atoms with Gasteiger partial charge in [0.1, 0.15) is 18.3 Å². The van der Waals surface area contributed by atoms with Crippen molar-refractivity contribution in [3.05, 3.63) is 0 Å². The van der Waals surface area contributed by atoms with Crippen molar-refractivity contribution < 1.29 is 34.1 Å². The Morgan fingerprint density at radius 1 is 1.24 bits per heavy atom. The van der Waals surface area contributed by atoms with Crippen LogP contribution in [0.4, 0.5) is 0 Å². The van der Waals surface area contributed by atoms with E-state index in [0.717, 1.165) is 0 Å². The second-order valence-electron chi connectivity index (χ2n) is 6.19. The summed E-state index contributed by atoms with van der Waals surface area (Å²) in [7, 11) is -0.971. The Bertz CT molecular complexity index is 381. The topological polar surface area (TPSA) is 116 Å². The minimum absolute atomic E-state index is 0.203. The summed E-state index contributed by atoms with van der Waals surface area (Å²) < 4.78 is 22.0. The molecule has 2 aliphatic rings. The molecule has 0 amide bonds. The number of aliphatic hydroxyl groups excluding tert-OH is 3. The minimum atomic E-state index is -1.36. The number of ether oxygens (including phenoxy) is 2. The summed E-state index contributed by atoms with van der Waals surface area (Å²) in [6.45, 7) is 3.55. The fourth-order valence-electron chi connectivity index (χ4n) is 2.65. The third kappa shape index (κ3) is 4.01. The molecule has 7 nitrogen and oxygen atoms in total. The molecule has 2 saturated heterocycles. The molecule has 0 saturated carbocycles. The summed E-state index contributed by atoms with van der Waals surface area (Å²) in [6, 6.07) is 0. The lowest BCUT2D eigenvalue weighted by Crippen LogP contribution is -2.59. The van der Waals surface area contributed by atoms with Gasteiger partial charge in [0, 0.05) is 10.8 Å². The van der Waals surface area contributed by atoms with Gasteiger partial charge in [-0.15, -0.1) is 0 Å². The molecule has 0 aromatic carbocycles. The first-order valence-corrected chi connectivity index (χ1v) is 8.63. The van der Waals surface area contributed by atoms with Crippen LogP contribution in [-0.4, -0.2) is 78.6 Å². The van der Waals surface area contributed by atoms with Crippen LogP contribution in [-0.2, 0) is 20.3 Å². The minimum Gasteiger partial charge on any atom is -0.388 e. The molecule has 0 spiro atoms. The normalized spacial score (nSPS) is 47.4. The zero-order valence-electron chi connectivity index (χ0n) is 12.2. The van der Waals surface area contributed by atoms with E-state index in [2.05, 4.69) is 0 Å².